The fraction of sp³-hybridized carbons (Fsp3) is 1.00. The highest BCUT2D eigenvalue weighted by atomic mass is 28.4. The zero-order valence-electron chi connectivity index (χ0n) is 26.5. The van der Waals surface area contributed by atoms with Gasteiger partial charge in [0.2, 0.25) is 0 Å². The maximum Gasteiger partial charge on any atom is 0.349 e. The number of rotatable bonds is 20. The minimum Gasteiger partial charge on any atom is -0.397 e. The second-order valence-electron chi connectivity index (χ2n) is 11.4. The van der Waals surface area contributed by atoms with E-state index in [1.165, 1.54) is 32.1 Å². The molecule has 0 aliphatic carbocycles. The van der Waals surface area contributed by atoms with Gasteiger partial charge >= 0.3 is 17.1 Å². The molecule has 2 aliphatic heterocycles. The molecule has 5 unspecified atom stereocenters. The van der Waals surface area contributed by atoms with Crippen LogP contribution in [0.15, 0.2) is 0 Å². The number of hydrogen-bond acceptors (Lipinski definition) is 10. The van der Waals surface area contributed by atoms with E-state index in [-0.39, 0.29) is 24.0 Å². The summed E-state index contributed by atoms with van der Waals surface area (Å²) in [6.45, 7) is 8.62. The van der Waals surface area contributed by atoms with Crippen LogP contribution in [0.2, 0.25) is 13.1 Å². The van der Waals surface area contributed by atoms with E-state index < -0.39 is 17.1 Å². The molecule has 0 aromatic heterocycles. The zero-order chi connectivity index (χ0) is 29.6. The van der Waals surface area contributed by atoms with E-state index in [0.29, 0.717) is 25.0 Å². The van der Waals surface area contributed by atoms with Crippen molar-refractivity contribution in [2.75, 3.05) is 80.4 Å². The highest BCUT2D eigenvalue weighted by molar-refractivity contribution is 6.66. The van der Waals surface area contributed by atoms with Crippen LogP contribution in [0, 0.1) is 5.92 Å². The minimum atomic E-state index is -2.20. The van der Waals surface area contributed by atoms with Crippen molar-refractivity contribution < 1.29 is 36.7 Å². The summed E-state index contributed by atoms with van der Waals surface area (Å²) in [5, 5.41) is 0. The van der Waals surface area contributed by atoms with E-state index >= 15 is 0 Å². The smallest absolute Gasteiger partial charge is 0.349 e. The van der Waals surface area contributed by atoms with Crippen molar-refractivity contribution in [1.82, 2.24) is 9.80 Å². The summed E-state index contributed by atoms with van der Waals surface area (Å²) >= 11 is 0. The van der Waals surface area contributed by atoms with Crippen molar-refractivity contribution in [3.05, 3.63) is 0 Å². The normalized spacial score (nSPS) is 29.5. The van der Waals surface area contributed by atoms with Crippen molar-refractivity contribution in [3.8, 4) is 0 Å². The average molecular weight is 637 g/mol. The maximum atomic E-state index is 6.59. The lowest BCUT2D eigenvalue weighted by molar-refractivity contribution is -0.0457. The molecule has 0 spiro atoms. The molecule has 40 heavy (non-hydrogen) atoms. The largest absolute Gasteiger partial charge is 0.397 e. The predicted molar refractivity (Wildman–Crippen MR) is 164 cm³/mol. The highest BCUT2D eigenvalue weighted by Gasteiger charge is 2.43. The summed E-state index contributed by atoms with van der Waals surface area (Å²) in [5.74, 6) is 0.230. The Morgan fingerprint density at radius 1 is 0.725 bits per heavy atom. The fourth-order valence-electron chi connectivity index (χ4n) is 5.53. The molecule has 4 radical (unpaired) electrons. The lowest BCUT2D eigenvalue weighted by Crippen LogP contribution is -2.61. The lowest BCUT2D eigenvalue weighted by atomic mass is 9.96. The third-order valence-electron chi connectivity index (χ3n) is 7.99. The van der Waals surface area contributed by atoms with Gasteiger partial charge in [-0.15, -0.1) is 0 Å². The highest BCUT2D eigenvalue weighted by Crippen LogP contribution is 2.27. The molecular formula is C26H56N2O8Si4. The standard InChI is InChI=1S/C26H56N2O8Si4/c1-22(24-17-28(19-38-26(31-4)32-5)21-40(9,34-7)36-24)14-12-10-11-13-15-23-16-27(18-37-25(29-2)30-3)20-39(8,33-6)35-23/h22-26H,10-21H2,1-9H3. The first-order valence-corrected chi connectivity index (χ1v) is 22.2. The molecule has 0 bridgehead atoms. The monoisotopic (exact) mass is 636 g/mol. The molecule has 0 aromatic rings. The van der Waals surface area contributed by atoms with Crippen LogP contribution in [0.25, 0.3) is 0 Å². The number of unbranched alkanes of at least 4 members (excludes halogenated alkanes) is 3. The van der Waals surface area contributed by atoms with Gasteiger partial charge in [-0.25, -0.2) is 0 Å². The van der Waals surface area contributed by atoms with Crippen LogP contribution in [-0.4, -0.2) is 150 Å². The molecule has 2 aliphatic rings. The number of nitrogens with zero attached hydrogens (tertiary/aromatic N) is 2. The van der Waals surface area contributed by atoms with Gasteiger partial charge in [0.1, 0.15) is 30.9 Å². The van der Waals surface area contributed by atoms with E-state index in [0.717, 1.165) is 44.2 Å². The molecule has 10 nitrogen and oxygen atoms in total. The van der Waals surface area contributed by atoms with Gasteiger partial charge in [-0.1, -0.05) is 32.6 Å². The summed E-state index contributed by atoms with van der Waals surface area (Å²) in [5.41, 5.74) is 0. The van der Waals surface area contributed by atoms with Gasteiger partial charge in [0.25, 0.3) is 0 Å². The van der Waals surface area contributed by atoms with E-state index in [9.17, 15) is 0 Å². The Morgan fingerprint density at radius 3 is 1.75 bits per heavy atom. The van der Waals surface area contributed by atoms with Crippen molar-refractivity contribution in [2.24, 2.45) is 5.92 Å². The Hall–Kier alpha value is 0.468. The summed E-state index contributed by atoms with van der Waals surface area (Å²) < 4.78 is 46.5. The van der Waals surface area contributed by atoms with Crippen molar-refractivity contribution in [2.45, 2.75) is 82.6 Å². The fourth-order valence-corrected chi connectivity index (χ4v) is 12.5. The lowest BCUT2D eigenvalue weighted by Gasteiger charge is -2.44. The SMILES string of the molecule is COC(OC)[Si]CN1CC(CCCCCCC(C)C2CN(C[Si]C(OC)OC)C[Si](C)(OC)O2)O[Si](C)(OC)C1. The quantitative estimate of drug-likeness (QED) is 0.113. The van der Waals surface area contributed by atoms with Gasteiger partial charge < -0.3 is 46.5 Å². The Morgan fingerprint density at radius 2 is 1.23 bits per heavy atom. The van der Waals surface area contributed by atoms with Gasteiger partial charge in [-0.3, -0.25) is 0 Å². The van der Waals surface area contributed by atoms with Crippen LogP contribution in [0.3, 0.4) is 0 Å². The number of ether oxygens (including phenoxy) is 4. The van der Waals surface area contributed by atoms with Crippen molar-refractivity contribution in [1.29, 1.82) is 0 Å². The first kappa shape index (κ1) is 36.7. The Labute approximate surface area is 251 Å². The molecule has 2 saturated heterocycles. The summed E-state index contributed by atoms with van der Waals surface area (Å²) in [6.07, 6.45) is 11.3. The second kappa shape index (κ2) is 19.0. The Kier molecular flexibility index (Phi) is 17.4. The second-order valence-corrected chi connectivity index (χ2v) is 20.2. The van der Waals surface area contributed by atoms with E-state index in [1.807, 2.05) is 0 Å². The zero-order valence-corrected chi connectivity index (χ0v) is 30.5. The van der Waals surface area contributed by atoms with Gasteiger partial charge in [-0.2, -0.15) is 0 Å². The van der Waals surface area contributed by atoms with Crippen LogP contribution in [0.5, 0.6) is 0 Å². The van der Waals surface area contributed by atoms with Gasteiger partial charge in [0, 0.05) is 68.1 Å². The van der Waals surface area contributed by atoms with Crippen LogP contribution >= 0.6 is 0 Å². The van der Waals surface area contributed by atoms with Gasteiger partial charge in [-0.05, 0) is 44.2 Å². The van der Waals surface area contributed by atoms with E-state index in [1.54, 1.807) is 42.7 Å². The summed E-state index contributed by atoms with van der Waals surface area (Å²) in [6, 6.07) is 0. The molecule has 5 atom stereocenters. The summed E-state index contributed by atoms with van der Waals surface area (Å²) in [7, 11) is 7.20. The summed E-state index contributed by atoms with van der Waals surface area (Å²) in [4.78, 5) is 4.99. The van der Waals surface area contributed by atoms with Crippen LogP contribution < -0.4 is 0 Å². The van der Waals surface area contributed by atoms with E-state index in [2.05, 4.69) is 29.8 Å². The van der Waals surface area contributed by atoms with Gasteiger partial charge in [0.15, 0.2) is 0 Å². The predicted octanol–water partition coefficient (Wildman–Crippen LogP) is 2.36. The molecule has 0 amide bonds. The molecule has 14 heteroatoms. The topological polar surface area (TPSA) is 80.3 Å². The number of hydrogen-bond donors (Lipinski definition) is 0. The molecule has 2 heterocycles. The van der Waals surface area contributed by atoms with Crippen LogP contribution in [-0.2, 0) is 36.7 Å². The van der Waals surface area contributed by atoms with Crippen molar-refractivity contribution in [3.63, 3.8) is 0 Å². The molecular weight excluding hydrogens is 581 g/mol. The number of methoxy groups -OCH3 is 4. The first-order chi connectivity index (χ1) is 19.1. The third-order valence-corrected chi connectivity index (χ3v) is 16.3. The van der Waals surface area contributed by atoms with Gasteiger partial charge in [0.05, 0.1) is 12.2 Å². The Balaban J connectivity index is 1.73. The average Bonchev–Trinajstić information content (AvgIpc) is 2.95. The maximum absolute atomic E-state index is 6.59. The molecule has 0 saturated carbocycles. The molecule has 0 aromatic carbocycles. The van der Waals surface area contributed by atoms with Crippen LogP contribution in [0.1, 0.15) is 45.4 Å². The first-order valence-electron chi connectivity index (χ1n) is 14.6. The third kappa shape index (κ3) is 12.6. The minimum absolute atomic E-state index is 0.133. The van der Waals surface area contributed by atoms with Crippen LogP contribution in [0.4, 0.5) is 0 Å². The Bertz CT molecular complexity index is 685. The molecule has 2 fully saturated rings. The van der Waals surface area contributed by atoms with E-state index in [4.69, 9.17) is 36.7 Å². The molecule has 0 N–H and O–H groups in total. The molecule has 2 rings (SSSR count). The van der Waals surface area contributed by atoms with Crippen molar-refractivity contribution >= 4 is 36.2 Å². The molecule has 234 valence electrons.